The number of anilines is 1. The van der Waals surface area contributed by atoms with E-state index in [0.29, 0.717) is 29.9 Å². The molecular formula is C19H18N4O3S. The highest BCUT2D eigenvalue weighted by molar-refractivity contribution is 7.18. The topological polar surface area (TPSA) is 90.1 Å². The number of allylic oxidation sites excluding steroid dienone is 1. The molecule has 0 spiro atoms. The third-order valence-electron chi connectivity index (χ3n) is 5.01. The van der Waals surface area contributed by atoms with Crippen LogP contribution in [-0.4, -0.2) is 21.5 Å². The first kappa shape index (κ1) is 17.4. The van der Waals surface area contributed by atoms with Gasteiger partial charge >= 0.3 is 0 Å². The first-order valence-corrected chi connectivity index (χ1v) is 9.40. The monoisotopic (exact) mass is 382 g/mol. The predicted octanol–water partition coefficient (Wildman–Crippen LogP) is 3.97. The van der Waals surface area contributed by atoms with E-state index in [-0.39, 0.29) is 11.2 Å². The van der Waals surface area contributed by atoms with E-state index in [1.165, 1.54) is 17.4 Å². The molecule has 3 aromatic rings. The van der Waals surface area contributed by atoms with Gasteiger partial charge in [0.25, 0.3) is 11.2 Å². The number of aryl methyl sites for hydroxylation is 2. The molecule has 138 valence electrons. The molecule has 0 atom stereocenters. The Morgan fingerprint density at radius 2 is 2.15 bits per heavy atom. The molecule has 0 radical (unpaired) electrons. The summed E-state index contributed by atoms with van der Waals surface area (Å²) in [4.78, 5) is 30.4. The number of nitro benzene ring substituents is 1. The summed E-state index contributed by atoms with van der Waals surface area (Å²) in [6.07, 6.45) is 2.57. The number of hydrogen-bond acceptors (Lipinski definition) is 6. The van der Waals surface area contributed by atoms with E-state index in [2.05, 4.69) is 5.32 Å². The number of thiophene rings is 1. The summed E-state index contributed by atoms with van der Waals surface area (Å²) in [5.41, 5.74) is 3.13. The summed E-state index contributed by atoms with van der Waals surface area (Å²) in [6, 6.07) is 5.05. The lowest BCUT2D eigenvalue weighted by Gasteiger charge is -2.05. The Hall–Kier alpha value is -3.00. The van der Waals surface area contributed by atoms with Gasteiger partial charge in [-0.15, -0.1) is 11.3 Å². The first-order chi connectivity index (χ1) is 12.9. The molecule has 0 saturated heterocycles. The quantitative estimate of drug-likeness (QED) is 0.547. The molecule has 1 aliphatic heterocycles. The molecule has 0 amide bonds. The van der Waals surface area contributed by atoms with Crippen molar-refractivity contribution in [1.82, 2.24) is 9.55 Å². The zero-order valence-electron chi connectivity index (χ0n) is 15.2. The number of benzene rings is 1. The van der Waals surface area contributed by atoms with Crippen molar-refractivity contribution in [3.63, 3.8) is 0 Å². The summed E-state index contributed by atoms with van der Waals surface area (Å²) < 4.78 is 1.71. The van der Waals surface area contributed by atoms with E-state index >= 15 is 0 Å². The predicted molar refractivity (Wildman–Crippen MR) is 108 cm³/mol. The Morgan fingerprint density at radius 3 is 2.85 bits per heavy atom. The van der Waals surface area contributed by atoms with Crippen LogP contribution < -0.4 is 10.9 Å². The number of aromatic nitrogens is 2. The van der Waals surface area contributed by atoms with Gasteiger partial charge in [0.15, 0.2) is 0 Å². The van der Waals surface area contributed by atoms with E-state index in [1.54, 1.807) is 17.7 Å². The fourth-order valence-corrected chi connectivity index (χ4v) is 4.48. The largest absolute Gasteiger partial charge is 0.383 e. The summed E-state index contributed by atoms with van der Waals surface area (Å²) in [5.74, 6) is 0.661. The van der Waals surface area contributed by atoms with Crippen LogP contribution in [0, 0.1) is 24.0 Å². The first-order valence-electron chi connectivity index (χ1n) is 8.58. The van der Waals surface area contributed by atoms with E-state index in [9.17, 15) is 14.9 Å². The number of rotatable bonds is 3. The molecule has 0 unspecified atom stereocenters. The number of fused-ring (bicyclic) bond motifs is 2. The molecule has 7 nitrogen and oxygen atoms in total. The lowest BCUT2D eigenvalue weighted by molar-refractivity contribution is -0.383. The maximum Gasteiger partial charge on any atom is 0.292 e. The fraction of sp³-hybridized carbons (Fsp3) is 0.263. The molecule has 1 aromatic carbocycles. The highest BCUT2D eigenvalue weighted by Crippen LogP contribution is 2.33. The van der Waals surface area contributed by atoms with Gasteiger partial charge in [-0.3, -0.25) is 19.5 Å². The summed E-state index contributed by atoms with van der Waals surface area (Å²) in [6.45, 7) is 4.53. The summed E-state index contributed by atoms with van der Waals surface area (Å²) in [7, 11) is 1.65. The Bertz CT molecular complexity index is 1190. The average molecular weight is 382 g/mol. The third-order valence-corrected chi connectivity index (χ3v) is 6.11. The van der Waals surface area contributed by atoms with Crippen molar-refractivity contribution in [2.75, 3.05) is 12.4 Å². The smallest absolute Gasteiger partial charge is 0.292 e. The van der Waals surface area contributed by atoms with Gasteiger partial charge in [0.2, 0.25) is 0 Å². The number of nitrogens with one attached hydrogen (secondary N) is 1. The van der Waals surface area contributed by atoms with Gasteiger partial charge in [-0.05, 0) is 49.1 Å². The lowest BCUT2D eigenvalue weighted by Crippen LogP contribution is -2.20. The molecule has 3 heterocycles. The van der Waals surface area contributed by atoms with Crippen molar-refractivity contribution in [3.8, 4) is 0 Å². The standard InChI is InChI=1S/C19H18N4O3S/c1-10-11(2)27-18-16(10)19(24)22-7-6-13(17(22)21-18)8-12-4-5-14(20-3)15(9-12)23(25)26/h4-5,8-9,20H,6-7H2,1-3H3/b13-8+. The average Bonchev–Trinajstić information content (AvgIpc) is 3.16. The lowest BCUT2D eigenvalue weighted by atomic mass is 10.1. The van der Waals surface area contributed by atoms with Crippen LogP contribution in [0.25, 0.3) is 21.9 Å². The van der Waals surface area contributed by atoms with E-state index in [0.717, 1.165) is 26.4 Å². The highest BCUT2D eigenvalue weighted by Gasteiger charge is 2.23. The minimum atomic E-state index is -0.403. The molecule has 0 aliphatic carbocycles. The van der Waals surface area contributed by atoms with Gasteiger partial charge in [-0.2, -0.15) is 0 Å². The van der Waals surface area contributed by atoms with Crippen LogP contribution in [0.1, 0.15) is 28.2 Å². The maximum atomic E-state index is 12.9. The second kappa shape index (κ2) is 6.31. The fourth-order valence-electron chi connectivity index (χ4n) is 3.46. The summed E-state index contributed by atoms with van der Waals surface area (Å²) in [5, 5.41) is 14.8. The van der Waals surface area contributed by atoms with Crippen molar-refractivity contribution in [3.05, 3.63) is 60.5 Å². The highest BCUT2D eigenvalue weighted by atomic mass is 32.1. The molecule has 2 aromatic heterocycles. The van der Waals surface area contributed by atoms with Gasteiger partial charge in [0.05, 0.1) is 10.3 Å². The van der Waals surface area contributed by atoms with Gasteiger partial charge in [-0.1, -0.05) is 6.07 Å². The van der Waals surface area contributed by atoms with Crippen LogP contribution in [0.4, 0.5) is 11.4 Å². The van der Waals surface area contributed by atoms with E-state index in [4.69, 9.17) is 4.98 Å². The molecule has 8 heteroatoms. The summed E-state index contributed by atoms with van der Waals surface area (Å²) >= 11 is 1.53. The molecular weight excluding hydrogens is 364 g/mol. The molecule has 0 saturated carbocycles. The Labute approximate surface area is 159 Å². The zero-order valence-corrected chi connectivity index (χ0v) is 16.0. The molecule has 1 N–H and O–H groups in total. The van der Waals surface area contributed by atoms with Crippen LogP contribution in [0.3, 0.4) is 0 Å². The van der Waals surface area contributed by atoms with Gasteiger partial charge < -0.3 is 5.32 Å². The van der Waals surface area contributed by atoms with Crippen molar-refractivity contribution < 1.29 is 4.92 Å². The molecule has 1 aliphatic rings. The van der Waals surface area contributed by atoms with Crippen molar-refractivity contribution >= 4 is 44.6 Å². The Morgan fingerprint density at radius 1 is 1.37 bits per heavy atom. The van der Waals surface area contributed by atoms with E-state index in [1.807, 2.05) is 26.0 Å². The molecule has 4 rings (SSSR count). The van der Waals surface area contributed by atoms with E-state index < -0.39 is 4.92 Å². The van der Waals surface area contributed by atoms with Crippen molar-refractivity contribution in [2.24, 2.45) is 0 Å². The number of nitro groups is 1. The van der Waals surface area contributed by atoms with Crippen LogP contribution >= 0.6 is 11.3 Å². The SMILES string of the molecule is CNc1ccc(/C=C2\CCn3c2nc2sc(C)c(C)c2c3=O)cc1[N+](=O)[O-]. The van der Waals surface area contributed by atoms with Crippen molar-refractivity contribution in [1.29, 1.82) is 0 Å². The number of nitrogens with zero attached hydrogens (tertiary/aromatic N) is 3. The third kappa shape index (κ3) is 2.73. The minimum absolute atomic E-state index is 0.00300. The number of hydrogen-bond donors (Lipinski definition) is 1. The normalized spacial score (nSPS) is 14.7. The Kier molecular flexibility index (Phi) is 4.07. The van der Waals surface area contributed by atoms with Crippen LogP contribution in [0.15, 0.2) is 23.0 Å². The Balaban J connectivity index is 1.85. The van der Waals surface area contributed by atoms with Gasteiger partial charge in [0, 0.05) is 24.5 Å². The minimum Gasteiger partial charge on any atom is -0.383 e. The van der Waals surface area contributed by atoms with Crippen LogP contribution in [0.5, 0.6) is 0 Å². The molecule has 27 heavy (non-hydrogen) atoms. The maximum absolute atomic E-state index is 12.9. The van der Waals surface area contributed by atoms with Crippen LogP contribution in [0.2, 0.25) is 0 Å². The molecule has 0 bridgehead atoms. The zero-order chi connectivity index (χ0) is 19.3. The molecule has 0 fully saturated rings. The second-order valence-electron chi connectivity index (χ2n) is 6.56. The van der Waals surface area contributed by atoms with Crippen LogP contribution in [-0.2, 0) is 6.54 Å². The van der Waals surface area contributed by atoms with Gasteiger partial charge in [0.1, 0.15) is 16.3 Å². The second-order valence-corrected chi connectivity index (χ2v) is 7.76. The van der Waals surface area contributed by atoms with Crippen molar-refractivity contribution in [2.45, 2.75) is 26.8 Å². The van der Waals surface area contributed by atoms with Gasteiger partial charge in [-0.25, -0.2) is 4.98 Å².